The summed E-state index contributed by atoms with van der Waals surface area (Å²) in [6.45, 7) is 0. The van der Waals surface area contributed by atoms with Crippen molar-refractivity contribution >= 4 is 50.2 Å². The maximum atomic E-state index is 12.6. The zero-order valence-corrected chi connectivity index (χ0v) is 14.6. The average molecular weight is 360 g/mol. The first-order chi connectivity index (χ1) is 12.7. The molecule has 4 aromatic rings. The van der Waals surface area contributed by atoms with Gasteiger partial charge in [-0.05, 0) is 30.3 Å². The molecule has 0 bridgehead atoms. The van der Waals surface area contributed by atoms with E-state index in [1.165, 1.54) is 11.3 Å². The van der Waals surface area contributed by atoms with Crippen LogP contribution in [0.25, 0.3) is 10.2 Å². The van der Waals surface area contributed by atoms with Crippen LogP contribution in [0, 0.1) is 0 Å². The largest absolute Gasteiger partial charge is 0.397 e. The van der Waals surface area contributed by atoms with E-state index < -0.39 is 0 Å². The number of benzene rings is 2. The highest BCUT2D eigenvalue weighted by molar-refractivity contribution is 7.21. The summed E-state index contributed by atoms with van der Waals surface area (Å²) < 4.78 is 0. The van der Waals surface area contributed by atoms with Gasteiger partial charge in [0.1, 0.15) is 9.71 Å². The van der Waals surface area contributed by atoms with E-state index >= 15 is 0 Å². The second kappa shape index (κ2) is 6.85. The maximum Gasteiger partial charge on any atom is 0.267 e. The van der Waals surface area contributed by atoms with Gasteiger partial charge in [0.05, 0.1) is 16.8 Å². The number of fused-ring (bicyclic) bond motifs is 1. The van der Waals surface area contributed by atoms with Gasteiger partial charge in [-0.1, -0.05) is 36.4 Å². The molecule has 0 aliphatic heterocycles. The molecule has 5 nitrogen and oxygen atoms in total. The van der Waals surface area contributed by atoms with E-state index in [1.807, 2.05) is 66.7 Å². The minimum Gasteiger partial charge on any atom is -0.397 e. The molecule has 0 radical (unpaired) electrons. The zero-order valence-electron chi connectivity index (χ0n) is 13.8. The Bertz CT molecular complexity index is 1060. The van der Waals surface area contributed by atoms with Gasteiger partial charge in [-0.15, -0.1) is 11.3 Å². The molecule has 0 unspecified atom stereocenters. The van der Waals surface area contributed by atoms with Gasteiger partial charge < -0.3 is 16.4 Å². The van der Waals surface area contributed by atoms with Gasteiger partial charge in [0.25, 0.3) is 5.91 Å². The van der Waals surface area contributed by atoms with Crippen LogP contribution in [0.15, 0.2) is 72.9 Å². The van der Waals surface area contributed by atoms with E-state index in [0.29, 0.717) is 10.6 Å². The van der Waals surface area contributed by atoms with Crippen LogP contribution in [0.4, 0.5) is 22.7 Å². The minimum absolute atomic E-state index is 0.234. The Kier molecular flexibility index (Phi) is 4.25. The highest BCUT2D eigenvalue weighted by Gasteiger charge is 2.19. The van der Waals surface area contributed by atoms with Crippen LogP contribution >= 0.6 is 11.3 Å². The van der Waals surface area contributed by atoms with E-state index in [1.54, 1.807) is 6.20 Å². The number of nitrogens with two attached hydrogens (primary N) is 1. The number of para-hydroxylation sites is 2. The van der Waals surface area contributed by atoms with Crippen molar-refractivity contribution in [2.24, 2.45) is 0 Å². The monoisotopic (exact) mass is 360 g/mol. The van der Waals surface area contributed by atoms with Crippen LogP contribution in [-0.4, -0.2) is 10.9 Å². The van der Waals surface area contributed by atoms with Gasteiger partial charge >= 0.3 is 0 Å². The number of anilines is 4. The Hall–Kier alpha value is -3.38. The van der Waals surface area contributed by atoms with Crippen molar-refractivity contribution < 1.29 is 4.79 Å². The first-order valence-corrected chi connectivity index (χ1v) is 8.89. The van der Waals surface area contributed by atoms with Crippen LogP contribution in [0.3, 0.4) is 0 Å². The van der Waals surface area contributed by atoms with E-state index in [2.05, 4.69) is 15.6 Å². The molecule has 4 rings (SSSR count). The number of hydrogen-bond donors (Lipinski definition) is 3. The quantitative estimate of drug-likeness (QED) is 0.485. The number of rotatable bonds is 4. The molecular weight excluding hydrogens is 344 g/mol. The third-order valence-electron chi connectivity index (χ3n) is 3.92. The molecule has 1 amide bonds. The second-order valence-corrected chi connectivity index (χ2v) is 6.69. The van der Waals surface area contributed by atoms with Gasteiger partial charge in [-0.25, -0.2) is 4.98 Å². The summed E-state index contributed by atoms with van der Waals surface area (Å²) in [5.74, 6) is -0.234. The van der Waals surface area contributed by atoms with Crippen molar-refractivity contribution in [3.05, 3.63) is 77.8 Å². The minimum atomic E-state index is -0.234. The molecule has 0 aliphatic carbocycles. The normalized spacial score (nSPS) is 10.6. The number of aromatic nitrogens is 1. The van der Waals surface area contributed by atoms with E-state index in [9.17, 15) is 4.79 Å². The number of carbonyl (C=O) groups is 1. The molecule has 26 heavy (non-hydrogen) atoms. The van der Waals surface area contributed by atoms with Gasteiger partial charge in [-0.3, -0.25) is 4.79 Å². The van der Waals surface area contributed by atoms with Crippen molar-refractivity contribution in [3.63, 3.8) is 0 Å². The van der Waals surface area contributed by atoms with Crippen LogP contribution in [0.5, 0.6) is 0 Å². The summed E-state index contributed by atoms with van der Waals surface area (Å²) in [6, 6.07) is 21.0. The molecule has 4 N–H and O–H groups in total. The molecule has 2 aromatic heterocycles. The fourth-order valence-electron chi connectivity index (χ4n) is 2.70. The van der Waals surface area contributed by atoms with E-state index in [4.69, 9.17) is 5.73 Å². The van der Waals surface area contributed by atoms with Crippen molar-refractivity contribution in [3.8, 4) is 0 Å². The summed E-state index contributed by atoms with van der Waals surface area (Å²) >= 11 is 1.29. The molecule has 6 heteroatoms. The lowest BCUT2D eigenvalue weighted by atomic mass is 10.2. The second-order valence-electron chi connectivity index (χ2n) is 5.69. The summed E-state index contributed by atoms with van der Waals surface area (Å²) in [5, 5.41) is 6.98. The van der Waals surface area contributed by atoms with Gasteiger partial charge in [0, 0.05) is 17.6 Å². The topological polar surface area (TPSA) is 80.0 Å². The Labute approximate surface area is 154 Å². The van der Waals surface area contributed by atoms with E-state index in [0.717, 1.165) is 27.3 Å². The Balaban J connectivity index is 1.70. The maximum absolute atomic E-state index is 12.6. The lowest BCUT2D eigenvalue weighted by molar-refractivity contribution is 0.103. The Morgan fingerprint density at radius 3 is 2.27 bits per heavy atom. The van der Waals surface area contributed by atoms with Crippen LogP contribution in [0.1, 0.15) is 9.67 Å². The zero-order chi connectivity index (χ0) is 17.9. The summed E-state index contributed by atoms with van der Waals surface area (Å²) in [4.78, 5) is 18.2. The van der Waals surface area contributed by atoms with Crippen LogP contribution in [-0.2, 0) is 0 Å². The smallest absolute Gasteiger partial charge is 0.267 e. The van der Waals surface area contributed by atoms with Crippen molar-refractivity contribution in [1.29, 1.82) is 0 Å². The molecule has 0 saturated heterocycles. The Morgan fingerprint density at radius 1 is 0.923 bits per heavy atom. The third-order valence-corrected chi connectivity index (χ3v) is 5.03. The van der Waals surface area contributed by atoms with Gasteiger partial charge in [0.2, 0.25) is 0 Å². The number of carbonyl (C=O) groups excluding carboxylic acids is 1. The van der Waals surface area contributed by atoms with Crippen LogP contribution in [0.2, 0.25) is 0 Å². The molecule has 2 heterocycles. The molecule has 0 atom stereocenters. The number of amides is 1. The fraction of sp³-hybridized carbons (Fsp3) is 0. The number of thiophene rings is 1. The molecule has 0 saturated carbocycles. The molecule has 128 valence electrons. The first kappa shape index (κ1) is 16.1. The van der Waals surface area contributed by atoms with Crippen molar-refractivity contribution in [2.75, 3.05) is 16.4 Å². The fourth-order valence-corrected chi connectivity index (χ4v) is 3.69. The lowest BCUT2D eigenvalue weighted by Crippen LogP contribution is -2.11. The number of nitrogens with one attached hydrogen (secondary N) is 2. The predicted octanol–water partition coefficient (Wildman–Crippen LogP) is 4.87. The van der Waals surface area contributed by atoms with Gasteiger partial charge in [0.15, 0.2) is 0 Å². The molecule has 2 aromatic carbocycles. The molecular formula is C20H16N4OS. The predicted molar refractivity (Wildman–Crippen MR) is 108 cm³/mol. The average Bonchev–Trinajstić information content (AvgIpc) is 3.01. The molecule has 0 aliphatic rings. The number of pyridine rings is 1. The first-order valence-electron chi connectivity index (χ1n) is 8.08. The number of hydrogen-bond acceptors (Lipinski definition) is 5. The summed E-state index contributed by atoms with van der Waals surface area (Å²) in [6.07, 6.45) is 1.71. The number of nitrogen functional groups attached to an aromatic ring is 1. The Morgan fingerprint density at radius 2 is 1.58 bits per heavy atom. The van der Waals surface area contributed by atoms with Crippen LogP contribution < -0.4 is 16.4 Å². The summed E-state index contributed by atoms with van der Waals surface area (Å²) in [5.41, 5.74) is 9.25. The third kappa shape index (κ3) is 3.10. The van der Waals surface area contributed by atoms with Crippen molar-refractivity contribution in [1.82, 2.24) is 4.98 Å². The van der Waals surface area contributed by atoms with Gasteiger partial charge in [-0.2, -0.15) is 0 Å². The summed E-state index contributed by atoms with van der Waals surface area (Å²) in [7, 11) is 0. The highest BCUT2D eigenvalue weighted by Crippen LogP contribution is 2.38. The standard InChI is InChI=1S/C20H16N4OS/c21-17-16-15(23-13-7-3-1-4-8-13)11-12-22-20(16)26-18(17)19(25)24-14-9-5-2-6-10-14/h1-12H,21H2,(H,22,23)(H,24,25). The highest BCUT2D eigenvalue weighted by atomic mass is 32.1. The van der Waals surface area contributed by atoms with E-state index in [-0.39, 0.29) is 5.91 Å². The molecule has 0 fully saturated rings. The van der Waals surface area contributed by atoms with Crippen molar-refractivity contribution in [2.45, 2.75) is 0 Å². The molecule has 0 spiro atoms. The SMILES string of the molecule is Nc1c(C(=O)Nc2ccccc2)sc2nccc(Nc3ccccc3)c12. The lowest BCUT2D eigenvalue weighted by Gasteiger charge is -2.08. The number of nitrogens with zero attached hydrogens (tertiary/aromatic N) is 1.